The summed E-state index contributed by atoms with van der Waals surface area (Å²) in [6.45, 7) is 24.7. The van der Waals surface area contributed by atoms with Gasteiger partial charge in [0.2, 0.25) is 0 Å². The van der Waals surface area contributed by atoms with E-state index < -0.39 is 0 Å². The molecule has 0 radical (unpaired) electrons. The van der Waals surface area contributed by atoms with Gasteiger partial charge in [-0.25, -0.2) is 4.79 Å². The fourth-order valence-corrected chi connectivity index (χ4v) is 13.5. The van der Waals surface area contributed by atoms with Crippen LogP contribution in [0.1, 0.15) is 133 Å². The average molecular weight is 557 g/mol. The van der Waals surface area contributed by atoms with Crippen molar-refractivity contribution in [2.45, 2.75) is 145 Å². The van der Waals surface area contributed by atoms with Crippen LogP contribution >= 0.6 is 12.6 Å². The Morgan fingerprint density at radius 1 is 0.897 bits per heavy atom. The summed E-state index contributed by atoms with van der Waals surface area (Å²) in [7, 11) is 0. The monoisotopic (exact) mass is 556 g/mol. The summed E-state index contributed by atoms with van der Waals surface area (Å²) in [6, 6.07) is 0. The van der Waals surface area contributed by atoms with Crippen LogP contribution in [0.2, 0.25) is 0 Å². The molecule has 0 saturated heterocycles. The van der Waals surface area contributed by atoms with Crippen molar-refractivity contribution in [2.24, 2.45) is 62.6 Å². The summed E-state index contributed by atoms with van der Waals surface area (Å²) in [5.41, 5.74) is 2.04. The first kappa shape index (κ1) is 30.0. The van der Waals surface area contributed by atoms with E-state index in [0.717, 1.165) is 42.1 Å². The molecular formula is C36H60O2S. The molecule has 5 aliphatic carbocycles. The fraction of sp³-hybridized carbons (Fsp3) is 0.917. The lowest BCUT2D eigenvalue weighted by atomic mass is 9.31. The number of hydrogen-bond acceptors (Lipinski definition) is 3. The van der Waals surface area contributed by atoms with E-state index in [1.807, 2.05) is 13.0 Å². The molecule has 2 unspecified atom stereocenters. The highest BCUT2D eigenvalue weighted by molar-refractivity contribution is 7.81. The van der Waals surface area contributed by atoms with E-state index in [0.29, 0.717) is 22.7 Å². The predicted molar refractivity (Wildman–Crippen MR) is 167 cm³/mol. The third-order valence-corrected chi connectivity index (χ3v) is 15.4. The molecule has 0 aromatic heterocycles. The molecule has 5 saturated carbocycles. The molecule has 5 fully saturated rings. The fourth-order valence-electron chi connectivity index (χ4n) is 12.6. The molecule has 0 heterocycles. The van der Waals surface area contributed by atoms with Crippen LogP contribution in [-0.2, 0) is 9.53 Å². The van der Waals surface area contributed by atoms with E-state index in [1.54, 1.807) is 0 Å². The number of ether oxygens (including phenoxy) is 1. The lowest BCUT2D eigenvalue weighted by Crippen LogP contribution is -2.70. The van der Waals surface area contributed by atoms with Crippen LogP contribution in [0.15, 0.2) is 11.6 Å². The SMILES string of the molecule is CCC=C(C)C(=O)OC1C(S)CC(C)(C)[C@@H]2CC[C@]3(C)[C@H](CC[C@@H]4[C@@H]5[C@@H](C)[C@H](C)CC[C@]5(C)CC[C@]43C)[C@@]12C. The number of allylic oxidation sites excluding steroid dienone is 1. The van der Waals surface area contributed by atoms with E-state index in [1.165, 1.54) is 51.4 Å². The van der Waals surface area contributed by atoms with Crippen molar-refractivity contribution in [1.29, 1.82) is 0 Å². The zero-order valence-electron chi connectivity index (χ0n) is 27.0. The second-order valence-corrected chi connectivity index (χ2v) is 17.6. The quantitative estimate of drug-likeness (QED) is 0.213. The first-order valence-corrected chi connectivity index (χ1v) is 17.1. The minimum absolute atomic E-state index is 0.0521. The molecule has 5 aliphatic rings. The third-order valence-electron chi connectivity index (χ3n) is 14.9. The van der Waals surface area contributed by atoms with Crippen LogP contribution in [0.3, 0.4) is 0 Å². The second-order valence-electron chi connectivity index (χ2n) is 17.0. The van der Waals surface area contributed by atoms with Gasteiger partial charge in [0.1, 0.15) is 6.10 Å². The number of carbonyl (C=O) groups excluding carboxylic acids is 1. The Labute approximate surface area is 246 Å². The smallest absolute Gasteiger partial charge is 0.333 e. The van der Waals surface area contributed by atoms with Crippen LogP contribution in [-0.4, -0.2) is 17.3 Å². The van der Waals surface area contributed by atoms with Crippen molar-refractivity contribution >= 4 is 18.6 Å². The third kappa shape index (κ3) is 4.18. The Morgan fingerprint density at radius 3 is 2.26 bits per heavy atom. The first-order valence-electron chi connectivity index (χ1n) is 16.6. The van der Waals surface area contributed by atoms with Crippen LogP contribution < -0.4 is 0 Å². The van der Waals surface area contributed by atoms with Crippen LogP contribution in [0.4, 0.5) is 0 Å². The van der Waals surface area contributed by atoms with E-state index in [4.69, 9.17) is 17.4 Å². The summed E-state index contributed by atoms with van der Waals surface area (Å²) in [5.74, 6) is 4.32. The van der Waals surface area contributed by atoms with Crippen molar-refractivity contribution < 1.29 is 9.53 Å². The van der Waals surface area contributed by atoms with Gasteiger partial charge in [0.15, 0.2) is 0 Å². The standard InChI is InChI=1S/C36H60O2S/c1-11-12-23(3)31(37)38-30-26(39)21-32(5,6)27-16-18-35(9)28(36(27,30)10)14-13-25-29-24(4)22(2)15-17-33(29,7)19-20-34(25,35)8/h12,22,24-30,39H,11,13-21H2,1-10H3/t22-,24+,25-,26?,27+,28+,29+,30?,33-,34-,35-,36+/m1/s1. The maximum Gasteiger partial charge on any atom is 0.333 e. The molecule has 5 rings (SSSR count). The van der Waals surface area contributed by atoms with Gasteiger partial charge in [-0.15, -0.1) is 0 Å². The van der Waals surface area contributed by atoms with Gasteiger partial charge in [-0.05, 0) is 128 Å². The minimum Gasteiger partial charge on any atom is -0.457 e. The maximum absolute atomic E-state index is 13.4. The predicted octanol–water partition coefficient (Wildman–Crippen LogP) is 9.92. The highest BCUT2D eigenvalue weighted by atomic mass is 32.1. The van der Waals surface area contributed by atoms with Crippen LogP contribution in [0.25, 0.3) is 0 Å². The topological polar surface area (TPSA) is 26.3 Å². The van der Waals surface area contributed by atoms with Gasteiger partial charge in [-0.2, -0.15) is 12.6 Å². The summed E-state index contributed by atoms with van der Waals surface area (Å²) in [5, 5.41) is 0.0846. The number of thiol groups is 1. The molecule has 0 spiro atoms. The Balaban J connectivity index is 1.56. The zero-order valence-corrected chi connectivity index (χ0v) is 27.9. The Hall–Kier alpha value is -0.440. The average Bonchev–Trinajstić information content (AvgIpc) is 2.84. The van der Waals surface area contributed by atoms with Crippen molar-refractivity contribution in [2.75, 3.05) is 0 Å². The van der Waals surface area contributed by atoms with E-state index in [9.17, 15) is 4.79 Å². The minimum atomic E-state index is -0.126. The summed E-state index contributed by atoms with van der Waals surface area (Å²) < 4.78 is 6.60. The van der Waals surface area contributed by atoms with Gasteiger partial charge >= 0.3 is 5.97 Å². The summed E-state index contributed by atoms with van der Waals surface area (Å²) >= 11 is 5.23. The van der Waals surface area contributed by atoms with E-state index in [2.05, 4.69) is 62.3 Å². The number of hydrogen-bond donors (Lipinski definition) is 1. The van der Waals surface area contributed by atoms with Crippen molar-refractivity contribution in [1.82, 2.24) is 0 Å². The Kier molecular flexibility index (Phi) is 7.55. The summed E-state index contributed by atoms with van der Waals surface area (Å²) in [4.78, 5) is 13.4. The highest BCUT2D eigenvalue weighted by Crippen LogP contribution is 2.77. The number of fused-ring (bicyclic) bond motifs is 7. The molecule has 0 bridgehead atoms. The molecule has 0 aliphatic heterocycles. The van der Waals surface area contributed by atoms with Gasteiger partial charge in [0.25, 0.3) is 0 Å². The molecule has 0 aromatic rings. The first-order chi connectivity index (χ1) is 18.1. The molecule has 2 nitrogen and oxygen atoms in total. The lowest BCUT2D eigenvalue weighted by molar-refractivity contribution is -0.268. The van der Waals surface area contributed by atoms with E-state index >= 15 is 0 Å². The normalized spacial score (nSPS) is 53.1. The zero-order chi connectivity index (χ0) is 28.8. The van der Waals surface area contributed by atoms with Crippen LogP contribution in [0.5, 0.6) is 0 Å². The molecule has 12 atom stereocenters. The molecule has 0 aromatic carbocycles. The molecule has 0 N–H and O–H groups in total. The summed E-state index contributed by atoms with van der Waals surface area (Å²) in [6.07, 6.45) is 14.6. The maximum atomic E-state index is 13.4. The van der Waals surface area contributed by atoms with Gasteiger partial charge in [-0.1, -0.05) is 68.4 Å². The van der Waals surface area contributed by atoms with Gasteiger partial charge in [0, 0.05) is 16.2 Å². The van der Waals surface area contributed by atoms with Crippen molar-refractivity contribution in [3.8, 4) is 0 Å². The van der Waals surface area contributed by atoms with Gasteiger partial charge in [-0.3, -0.25) is 0 Å². The van der Waals surface area contributed by atoms with Gasteiger partial charge < -0.3 is 4.74 Å². The largest absolute Gasteiger partial charge is 0.457 e. The Morgan fingerprint density at radius 2 is 1.59 bits per heavy atom. The second kappa shape index (κ2) is 9.80. The Bertz CT molecular complexity index is 1000. The lowest BCUT2D eigenvalue weighted by Gasteiger charge is -2.74. The molecular weight excluding hydrogens is 496 g/mol. The van der Waals surface area contributed by atoms with Crippen molar-refractivity contribution in [3.63, 3.8) is 0 Å². The molecule has 0 amide bonds. The van der Waals surface area contributed by atoms with Crippen LogP contribution in [0, 0.1) is 62.6 Å². The van der Waals surface area contributed by atoms with E-state index in [-0.39, 0.29) is 33.6 Å². The highest BCUT2D eigenvalue weighted by Gasteiger charge is 2.72. The number of carbonyl (C=O) groups is 1. The van der Waals surface area contributed by atoms with Crippen molar-refractivity contribution in [3.05, 3.63) is 11.6 Å². The number of esters is 1. The molecule has 222 valence electrons. The molecule has 3 heteroatoms. The van der Waals surface area contributed by atoms with Gasteiger partial charge in [0.05, 0.1) is 0 Å². The molecule has 39 heavy (non-hydrogen) atoms. The number of rotatable bonds is 3.